The Labute approximate surface area is 102 Å². The molecule has 17 heavy (non-hydrogen) atoms. The minimum Gasteiger partial charge on any atom is -0.392 e. The molecule has 3 nitrogen and oxygen atoms in total. The first-order valence-electron chi connectivity index (χ1n) is 6.15. The molecule has 1 heterocycles. The van der Waals surface area contributed by atoms with E-state index in [0.717, 1.165) is 19.4 Å². The summed E-state index contributed by atoms with van der Waals surface area (Å²) in [6.07, 6.45) is 2.13. The average molecular weight is 230 g/mol. The van der Waals surface area contributed by atoms with Crippen LogP contribution in [-0.2, 0) is 0 Å². The summed E-state index contributed by atoms with van der Waals surface area (Å²) in [4.78, 5) is 2.23. The number of β-amino-alcohol motifs (C(OH)–C–C–N with tert-alkyl or cyclic N) is 1. The summed E-state index contributed by atoms with van der Waals surface area (Å²) in [7, 11) is 0. The Bertz CT molecular complexity index is 385. The van der Waals surface area contributed by atoms with E-state index in [1.54, 1.807) is 0 Å². The van der Waals surface area contributed by atoms with Gasteiger partial charge in [0.15, 0.2) is 0 Å². The fourth-order valence-electron chi connectivity index (χ4n) is 2.49. The van der Waals surface area contributed by atoms with Crippen LogP contribution in [-0.4, -0.2) is 29.2 Å². The second-order valence-electron chi connectivity index (χ2n) is 4.58. The van der Waals surface area contributed by atoms with E-state index in [-0.39, 0.29) is 12.1 Å². The molecule has 2 atom stereocenters. The lowest BCUT2D eigenvalue weighted by Crippen LogP contribution is -2.40. The van der Waals surface area contributed by atoms with Gasteiger partial charge in [0.25, 0.3) is 0 Å². The van der Waals surface area contributed by atoms with Crippen LogP contribution >= 0.6 is 0 Å². The number of aliphatic hydroxyl groups excluding tert-OH is 1. The number of hydrogen-bond acceptors (Lipinski definition) is 3. The van der Waals surface area contributed by atoms with Crippen LogP contribution in [0.15, 0.2) is 30.3 Å². The van der Waals surface area contributed by atoms with Crippen molar-refractivity contribution >= 4 is 0 Å². The molecule has 1 aliphatic heterocycles. The minimum absolute atomic E-state index is 0.121. The van der Waals surface area contributed by atoms with Crippen LogP contribution in [0.4, 0.5) is 0 Å². The number of nitrogens with zero attached hydrogens (tertiary/aromatic N) is 2. The summed E-state index contributed by atoms with van der Waals surface area (Å²) in [5, 5.41) is 18.7. The zero-order valence-electron chi connectivity index (χ0n) is 9.92. The van der Waals surface area contributed by atoms with Gasteiger partial charge in [-0.3, -0.25) is 4.90 Å². The lowest BCUT2D eigenvalue weighted by molar-refractivity contribution is 0.0469. The van der Waals surface area contributed by atoms with Gasteiger partial charge in [-0.1, -0.05) is 30.3 Å². The van der Waals surface area contributed by atoms with Crippen LogP contribution in [0.1, 0.15) is 30.9 Å². The normalized spacial score (nSPS) is 22.9. The standard InChI is InChI=1S/C14H18N2O/c15-9-8-14(12-5-2-1-3-6-12)16-10-4-7-13(17)11-16/h1-3,5-6,13-14,17H,4,7-8,10-11H2/t13-,14?/m0/s1. The molecular weight excluding hydrogens is 212 g/mol. The van der Waals surface area contributed by atoms with E-state index < -0.39 is 0 Å². The molecule has 0 aliphatic carbocycles. The van der Waals surface area contributed by atoms with Crippen LogP contribution in [0.2, 0.25) is 0 Å². The van der Waals surface area contributed by atoms with Crippen LogP contribution in [0.25, 0.3) is 0 Å². The van der Waals surface area contributed by atoms with E-state index in [9.17, 15) is 5.11 Å². The van der Waals surface area contributed by atoms with Crippen molar-refractivity contribution in [3.8, 4) is 6.07 Å². The Hall–Kier alpha value is -1.37. The van der Waals surface area contributed by atoms with Gasteiger partial charge < -0.3 is 5.11 Å². The maximum absolute atomic E-state index is 9.72. The highest BCUT2D eigenvalue weighted by Gasteiger charge is 2.25. The van der Waals surface area contributed by atoms with Crippen molar-refractivity contribution in [1.29, 1.82) is 5.26 Å². The largest absolute Gasteiger partial charge is 0.392 e. The predicted molar refractivity (Wildman–Crippen MR) is 66.2 cm³/mol. The topological polar surface area (TPSA) is 47.3 Å². The van der Waals surface area contributed by atoms with E-state index in [2.05, 4.69) is 23.1 Å². The Balaban J connectivity index is 2.14. The zero-order chi connectivity index (χ0) is 12.1. The van der Waals surface area contributed by atoms with Crippen molar-refractivity contribution in [3.63, 3.8) is 0 Å². The van der Waals surface area contributed by atoms with E-state index in [0.29, 0.717) is 13.0 Å². The predicted octanol–water partition coefficient (Wildman–Crippen LogP) is 2.10. The molecule has 1 aromatic carbocycles. The van der Waals surface area contributed by atoms with Crippen molar-refractivity contribution in [2.45, 2.75) is 31.4 Å². The first kappa shape index (κ1) is 12.1. The zero-order valence-corrected chi connectivity index (χ0v) is 9.92. The van der Waals surface area contributed by atoms with E-state index in [4.69, 9.17) is 5.26 Å². The molecule has 1 unspecified atom stereocenters. The van der Waals surface area contributed by atoms with Crippen molar-refractivity contribution in [2.75, 3.05) is 13.1 Å². The second kappa shape index (κ2) is 5.81. The van der Waals surface area contributed by atoms with Gasteiger partial charge in [-0.25, -0.2) is 0 Å². The van der Waals surface area contributed by atoms with Gasteiger partial charge in [0, 0.05) is 12.6 Å². The summed E-state index contributed by atoms with van der Waals surface area (Å²) >= 11 is 0. The van der Waals surface area contributed by atoms with Crippen molar-refractivity contribution in [3.05, 3.63) is 35.9 Å². The molecule has 1 saturated heterocycles. The molecule has 2 rings (SSSR count). The van der Waals surface area contributed by atoms with Crippen LogP contribution in [0, 0.1) is 11.3 Å². The molecule has 0 saturated carbocycles. The molecule has 0 spiro atoms. The fourth-order valence-corrected chi connectivity index (χ4v) is 2.49. The molecule has 0 amide bonds. The summed E-state index contributed by atoms with van der Waals surface area (Å²) in [6, 6.07) is 12.5. The lowest BCUT2D eigenvalue weighted by atomic mass is 9.99. The minimum atomic E-state index is -0.242. The maximum Gasteiger partial charge on any atom is 0.0667 e. The number of piperidine rings is 1. The van der Waals surface area contributed by atoms with Gasteiger partial charge in [0.05, 0.1) is 18.6 Å². The lowest BCUT2D eigenvalue weighted by Gasteiger charge is -2.35. The van der Waals surface area contributed by atoms with Crippen LogP contribution in [0.3, 0.4) is 0 Å². The quantitative estimate of drug-likeness (QED) is 0.865. The monoisotopic (exact) mass is 230 g/mol. The molecule has 1 N–H and O–H groups in total. The first-order chi connectivity index (χ1) is 8.31. The summed E-state index contributed by atoms with van der Waals surface area (Å²) in [5.41, 5.74) is 1.17. The highest BCUT2D eigenvalue weighted by atomic mass is 16.3. The summed E-state index contributed by atoms with van der Waals surface area (Å²) in [5.74, 6) is 0. The first-order valence-corrected chi connectivity index (χ1v) is 6.15. The highest BCUT2D eigenvalue weighted by molar-refractivity contribution is 5.20. The fraction of sp³-hybridized carbons (Fsp3) is 0.500. The van der Waals surface area contributed by atoms with Gasteiger partial charge in [-0.05, 0) is 24.9 Å². The Morgan fingerprint density at radius 2 is 2.18 bits per heavy atom. The van der Waals surface area contributed by atoms with Gasteiger partial charge in [-0.2, -0.15) is 5.26 Å². The van der Waals surface area contributed by atoms with Gasteiger partial charge in [-0.15, -0.1) is 0 Å². The molecule has 0 aromatic heterocycles. The van der Waals surface area contributed by atoms with Crippen molar-refractivity contribution < 1.29 is 5.11 Å². The van der Waals surface area contributed by atoms with Gasteiger partial charge in [0.1, 0.15) is 0 Å². The van der Waals surface area contributed by atoms with Crippen LogP contribution in [0.5, 0.6) is 0 Å². The molecular formula is C14H18N2O. The third-order valence-electron chi connectivity index (χ3n) is 3.34. The van der Waals surface area contributed by atoms with E-state index in [1.165, 1.54) is 5.56 Å². The summed E-state index contributed by atoms with van der Waals surface area (Å²) < 4.78 is 0. The number of hydrogen-bond donors (Lipinski definition) is 1. The number of likely N-dealkylation sites (tertiary alicyclic amines) is 1. The molecule has 1 aromatic rings. The molecule has 1 fully saturated rings. The highest BCUT2D eigenvalue weighted by Crippen LogP contribution is 2.27. The molecule has 0 bridgehead atoms. The van der Waals surface area contributed by atoms with Gasteiger partial charge >= 0.3 is 0 Å². The number of nitriles is 1. The summed E-state index contributed by atoms with van der Waals surface area (Å²) in [6.45, 7) is 1.65. The van der Waals surface area contributed by atoms with Gasteiger partial charge in [0.2, 0.25) is 0 Å². The van der Waals surface area contributed by atoms with E-state index in [1.807, 2.05) is 18.2 Å². The SMILES string of the molecule is N#CCC(c1ccccc1)N1CCC[C@H](O)C1. The Morgan fingerprint density at radius 1 is 1.41 bits per heavy atom. The Morgan fingerprint density at radius 3 is 2.82 bits per heavy atom. The Kier molecular flexibility index (Phi) is 4.13. The molecule has 1 aliphatic rings. The van der Waals surface area contributed by atoms with Crippen molar-refractivity contribution in [1.82, 2.24) is 4.90 Å². The molecule has 0 radical (unpaired) electrons. The maximum atomic E-state index is 9.72. The molecule has 90 valence electrons. The smallest absolute Gasteiger partial charge is 0.0667 e. The third-order valence-corrected chi connectivity index (χ3v) is 3.34. The second-order valence-corrected chi connectivity index (χ2v) is 4.58. The number of benzene rings is 1. The number of aliphatic hydroxyl groups is 1. The molecule has 3 heteroatoms. The van der Waals surface area contributed by atoms with Crippen molar-refractivity contribution in [2.24, 2.45) is 0 Å². The van der Waals surface area contributed by atoms with E-state index >= 15 is 0 Å². The third kappa shape index (κ3) is 3.06. The average Bonchev–Trinajstić information content (AvgIpc) is 2.37. The van der Waals surface area contributed by atoms with Crippen LogP contribution < -0.4 is 0 Å². The number of rotatable bonds is 3.